The van der Waals surface area contributed by atoms with Gasteiger partial charge in [-0.25, -0.2) is 0 Å². The Morgan fingerprint density at radius 2 is 1.95 bits per heavy atom. The summed E-state index contributed by atoms with van der Waals surface area (Å²) < 4.78 is 42.3. The number of hydrogen-bond donors (Lipinski definition) is 2. The third-order valence-electron chi connectivity index (χ3n) is 2.52. The first-order chi connectivity index (χ1) is 9.45. The molecule has 0 saturated heterocycles. The summed E-state index contributed by atoms with van der Waals surface area (Å²) in [4.78, 5) is 11.7. The number of ether oxygens (including phenoxy) is 1. The number of hydrogen-bond acceptors (Lipinski definition) is 3. The zero-order valence-electron chi connectivity index (χ0n) is 11.5. The first-order valence-electron chi connectivity index (χ1n) is 6.10. The first kappa shape index (κ1) is 19.7. The van der Waals surface area contributed by atoms with Gasteiger partial charge in [0.05, 0.1) is 12.2 Å². The second-order valence-corrected chi connectivity index (χ2v) is 4.08. The minimum Gasteiger partial charge on any atom is -0.383 e. The van der Waals surface area contributed by atoms with Crippen LogP contribution in [-0.2, 0) is 10.9 Å². The van der Waals surface area contributed by atoms with E-state index in [1.54, 1.807) is 7.11 Å². The van der Waals surface area contributed by atoms with E-state index in [2.05, 4.69) is 10.6 Å². The van der Waals surface area contributed by atoms with Crippen molar-refractivity contribution in [1.82, 2.24) is 10.6 Å². The van der Waals surface area contributed by atoms with Gasteiger partial charge in [-0.1, -0.05) is 6.07 Å². The molecule has 0 spiro atoms. The standard InChI is InChI=1S/C13H17F3N2O2.ClH/c1-20-8-7-17-5-6-18-12(19)10-3-2-4-11(9-10)13(14,15)16;/h2-4,9,17H,5-8H2,1H3,(H,18,19);1H. The maximum absolute atomic E-state index is 12.5. The Hall–Kier alpha value is -1.31. The molecule has 1 amide bonds. The minimum absolute atomic E-state index is 0. The van der Waals surface area contributed by atoms with E-state index in [-0.39, 0.29) is 18.0 Å². The average molecular weight is 327 g/mol. The van der Waals surface area contributed by atoms with Gasteiger partial charge in [0, 0.05) is 32.3 Å². The second-order valence-electron chi connectivity index (χ2n) is 4.08. The molecule has 4 nitrogen and oxygen atoms in total. The fraction of sp³-hybridized carbons (Fsp3) is 0.462. The van der Waals surface area contributed by atoms with Gasteiger partial charge in [0.15, 0.2) is 0 Å². The predicted octanol–water partition coefficient (Wildman–Crippen LogP) is 2.09. The molecular formula is C13H18ClF3N2O2. The van der Waals surface area contributed by atoms with E-state index in [0.29, 0.717) is 26.2 Å². The van der Waals surface area contributed by atoms with Gasteiger partial charge < -0.3 is 15.4 Å². The van der Waals surface area contributed by atoms with Crippen LogP contribution < -0.4 is 10.6 Å². The fourth-order valence-electron chi connectivity index (χ4n) is 1.50. The molecule has 0 fully saturated rings. The monoisotopic (exact) mass is 326 g/mol. The molecule has 1 aromatic rings. The number of halogens is 4. The topological polar surface area (TPSA) is 50.4 Å². The van der Waals surface area contributed by atoms with Crippen LogP contribution in [0.5, 0.6) is 0 Å². The number of methoxy groups -OCH3 is 1. The number of rotatable bonds is 7. The summed E-state index contributed by atoms with van der Waals surface area (Å²) in [5.41, 5.74) is -0.833. The van der Waals surface area contributed by atoms with Gasteiger partial charge in [-0.2, -0.15) is 13.2 Å². The summed E-state index contributed by atoms with van der Waals surface area (Å²) in [7, 11) is 1.58. The predicted molar refractivity (Wildman–Crippen MR) is 75.8 cm³/mol. The molecule has 0 unspecified atom stereocenters. The van der Waals surface area contributed by atoms with Crippen molar-refractivity contribution in [3.63, 3.8) is 0 Å². The van der Waals surface area contributed by atoms with Crippen LogP contribution in [0.15, 0.2) is 24.3 Å². The lowest BCUT2D eigenvalue weighted by Crippen LogP contribution is -2.33. The number of benzene rings is 1. The summed E-state index contributed by atoms with van der Waals surface area (Å²) >= 11 is 0. The Kier molecular flexibility index (Phi) is 9.00. The third-order valence-corrected chi connectivity index (χ3v) is 2.52. The highest BCUT2D eigenvalue weighted by atomic mass is 35.5. The molecule has 0 aromatic heterocycles. The molecule has 0 heterocycles. The number of amides is 1. The van der Waals surface area contributed by atoms with E-state index in [1.807, 2.05) is 0 Å². The van der Waals surface area contributed by atoms with Gasteiger partial charge in [0.25, 0.3) is 5.91 Å². The van der Waals surface area contributed by atoms with Crippen molar-refractivity contribution < 1.29 is 22.7 Å². The second kappa shape index (κ2) is 9.59. The normalized spacial score (nSPS) is 10.9. The fourth-order valence-corrected chi connectivity index (χ4v) is 1.50. The third kappa shape index (κ3) is 7.31. The van der Waals surface area contributed by atoms with Crippen LogP contribution in [0.1, 0.15) is 15.9 Å². The summed E-state index contributed by atoms with van der Waals surface area (Å²) in [5, 5.41) is 5.55. The van der Waals surface area contributed by atoms with Crippen molar-refractivity contribution in [2.45, 2.75) is 6.18 Å². The molecule has 0 aliphatic heterocycles. The van der Waals surface area contributed by atoms with Gasteiger partial charge in [0.2, 0.25) is 0 Å². The molecular weight excluding hydrogens is 309 g/mol. The van der Waals surface area contributed by atoms with Crippen molar-refractivity contribution >= 4 is 18.3 Å². The molecule has 1 aromatic carbocycles. The molecule has 8 heteroatoms. The molecule has 0 bridgehead atoms. The molecule has 0 aliphatic carbocycles. The molecule has 1 rings (SSSR count). The summed E-state index contributed by atoms with van der Waals surface area (Å²) in [6, 6.07) is 4.34. The van der Waals surface area contributed by atoms with Crippen LogP contribution in [-0.4, -0.2) is 39.3 Å². The highest BCUT2D eigenvalue weighted by Gasteiger charge is 2.30. The van der Waals surface area contributed by atoms with Crippen LogP contribution in [0.2, 0.25) is 0 Å². The van der Waals surface area contributed by atoms with Crippen LogP contribution in [0.3, 0.4) is 0 Å². The van der Waals surface area contributed by atoms with Gasteiger partial charge in [-0.05, 0) is 18.2 Å². The lowest BCUT2D eigenvalue weighted by molar-refractivity contribution is -0.137. The maximum atomic E-state index is 12.5. The first-order valence-corrected chi connectivity index (χ1v) is 6.10. The lowest BCUT2D eigenvalue weighted by atomic mass is 10.1. The van der Waals surface area contributed by atoms with Gasteiger partial charge in [0.1, 0.15) is 0 Å². The average Bonchev–Trinajstić information content (AvgIpc) is 2.41. The largest absolute Gasteiger partial charge is 0.416 e. The van der Waals surface area contributed by atoms with Gasteiger partial charge in [-0.3, -0.25) is 4.79 Å². The minimum atomic E-state index is -4.45. The van der Waals surface area contributed by atoms with Crippen molar-refractivity contribution in [3.05, 3.63) is 35.4 Å². The van der Waals surface area contributed by atoms with E-state index >= 15 is 0 Å². The Labute approximate surface area is 127 Å². The molecule has 2 N–H and O–H groups in total. The SMILES string of the molecule is COCCNCCNC(=O)c1cccc(C(F)(F)F)c1.Cl. The number of carbonyl (C=O) groups excluding carboxylic acids is 1. The van der Waals surface area contributed by atoms with Crippen molar-refractivity contribution in [1.29, 1.82) is 0 Å². The van der Waals surface area contributed by atoms with E-state index in [1.165, 1.54) is 12.1 Å². The van der Waals surface area contributed by atoms with Crippen molar-refractivity contribution in [2.75, 3.05) is 33.4 Å². The van der Waals surface area contributed by atoms with Crippen molar-refractivity contribution in [3.8, 4) is 0 Å². The smallest absolute Gasteiger partial charge is 0.383 e. The summed E-state index contributed by atoms with van der Waals surface area (Å²) in [6.45, 7) is 2.06. The Balaban J connectivity index is 0.00000400. The van der Waals surface area contributed by atoms with E-state index in [4.69, 9.17) is 4.74 Å². The summed E-state index contributed by atoms with van der Waals surface area (Å²) in [6.07, 6.45) is -4.45. The van der Waals surface area contributed by atoms with Gasteiger partial charge >= 0.3 is 6.18 Å². The van der Waals surface area contributed by atoms with Crippen LogP contribution >= 0.6 is 12.4 Å². The van der Waals surface area contributed by atoms with E-state index < -0.39 is 17.6 Å². The Morgan fingerprint density at radius 1 is 1.24 bits per heavy atom. The maximum Gasteiger partial charge on any atom is 0.416 e. The van der Waals surface area contributed by atoms with Crippen molar-refractivity contribution in [2.24, 2.45) is 0 Å². The Bertz CT molecular complexity index is 442. The zero-order valence-corrected chi connectivity index (χ0v) is 12.3. The molecule has 120 valence electrons. The molecule has 0 aliphatic rings. The van der Waals surface area contributed by atoms with Gasteiger partial charge in [-0.15, -0.1) is 12.4 Å². The molecule has 0 radical (unpaired) electrons. The highest BCUT2D eigenvalue weighted by Crippen LogP contribution is 2.29. The van der Waals surface area contributed by atoms with Crippen LogP contribution in [0, 0.1) is 0 Å². The quantitative estimate of drug-likeness (QED) is 0.754. The lowest BCUT2D eigenvalue weighted by Gasteiger charge is -2.09. The molecule has 21 heavy (non-hydrogen) atoms. The zero-order chi connectivity index (χ0) is 15.0. The number of carbonyl (C=O) groups is 1. The van der Waals surface area contributed by atoms with E-state index in [0.717, 1.165) is 12.1 Å². The summed E-state index contributed by atoms with van der Waals surface area (Å²) in [5.74, 6) is -0.523. The molecule has 0 saturated carbocycles. The van der Waals surface area contributed by atoms with Crippen LogP contribution in [0.25, 0.3) is 0 Å². The number of alkyl halides is 3. The van der Waals surface area contributed by atoms with E-state index in [9.17, 15) is 18.0 Å². The Morgan fingerprint density at radius 3 is 2.57 bits per heavy atom. The van der Waals surface area contributed by atoms with Crippen LogP contribution in [0.4, 0.5) is 13.2 Å². The molecule has 0 atom stereocenters. The highest BCUT2D eigenvalue weighted by molar-refractivity contribution is 5.94. The number of nitrogens with one attached hydrogen (secondary N) is 2.